The maximum Gasteiger partial charge on any atom is 0.317 e. The molecule has 0 aliphatic rings. The molecule has 6 heteroatoms. The van der Waals surface area contributed by atoms with Crippen molar-refractivity contribution in [1.82, 2.24) is 4.90 Å². The van der Waals surface area contributed by atoms with Crippen molar-refractivity contribution in [3.05, 3.63) is 35.4 Å². The molecule has 1 rings (SSSR count). The van der Waals surface area contributed by atoms with Crippen LogP contribution in [0, 0.1) is 17.2 Å². The van der Waals surface area contributed by atoms with Crippen LogP contribution in [0.15, 0.2) is 24.3 Å². The number of nitrogens with zero attached hydrogens (tertiary/aromatic N) is 2. The van der Waals surface area contributed by atoms with Gasteiger partial charge in [-0.25, -0.2) is 0 Å². The summed E-state index contributed by atoms with van der Waals surface area (Å²) >= 11 is 0. The number of carboxylic acid groups (broad SMARTS) is 2. The Morgan fingerprint density at radius 1 is 1.30 bits per heavy atom. The molecular formula is C14H16N2O4. The number of rotatable bonds is 7. The minimum absolute atomic E-state index is 0.154. The van der Waals surface area contributed by atoms with Crippen LogP contribution in [0.2, 0.25) is 0 Å². The van der Waals surface area contributed by atoms with Crippen molar-refractivity contribution in [1.29, 1.82) is 5.26 Å². The predicted molar refractivity (Wildman–Crippen MR) is 70.9 cm³/mol. The van der Waals surface area contributed by atoms with E-state index in [2.05, 4.69) is 0 Å². The Kier molecular flexibility index (Phi) is 5.69. The van der Waals surface area contributed by atoms with Gasteiger partial charge in [0.25, 0.3) is 0 Å². The fraction of sp³-hybridized carbons (Fsp3) is 0.357. The van der Waals surface area contributed by atoms with Crippen LogP contribution in [-0.2, 0) is 16.1 Å². The van der Waals surface area contributed by atoms with Crippen LogP contribution in [-0.4, -0.2) is 40.1 Å². The Bertz CT molecular complexity index is 519. The Balaban J connectivity index is 2.75. The fourth-order valence-corrected chi connectivity index (χ4v) is 1.78. The number of benzene rings is 1. The zero-order valence-corrected chi connectivity index (χ0v) is 11.1. The normalized spacial score (nSPS) is 11.8. The number of aliphatic carboxylic acids is 2. The van der Waals surface area contributed by atoms with E-state index in [9.17, 15) is 9.59 Å². The van der Waals surface area contributed by atoms with Crippen LogP contribution in [0.1, 0.15) is 18.1 Å². The van der Waals surface area contributed by atoms with Crippen LogP contribution in [0.4, 0.5) is 0 Å². The summed E-state index contributed by atoms with van der Waals surface area (Å²) in [7, 11) is 0. The van der Waals surface area contributed by atoms with E-state index in [0.717, 1.165) is 5.56 Å². The lowest BCUT2D eigenvalue weighted by Crippen LogP contribution is -2.35. The van der Waals surface area contributed by atoms with Gasteiger partial charge in [-0.15, -0.1) is 0 Å². The zero-order valence-electron chi connectivity index (χ0n) is 11.1. The first kappa shape index (κ1) is 15.7. The second-order valence-corrected chi connectivity index (χ2v) is 4.61. The standard InChI is InChI=1S/C14H16N2O4/c1-10(14(19)20)7-16(9-13(17)18)8-12-4-2-11(6-15)3-5-12/h2-5,10H,7-9H2,1H3,(H,17,18)(H,19,20). The number of carbonyl (C=O) groups is 2. The molecule has 0 heterocycles. The molecule has 0 fully saturated rings. The maximum absolute atomic E-state index is 10.8. The van der Waals surface area contributed by atoms with Crippen molar-refractivity contribution >= 4 is 11.9 Å². The highest BCUT2D eigenvalue weighted by atomic mass is 16.4. The summed E-state index contributed by atoms with van der Waals surface area (Å²) < 4.78 is 0. The van der Waals surface area contributed by atoms with Gasteiger partial charge in [-0.05, 0) is 17.7 Å². The van der Waals surface area contributed by atoms with E-state index in [0.29, 0.717) is 12.1 Å². The Hall–Kier alpha value is -2.39. The summed E-state index contributed by atoms with van der Waals surface area (Å²) in [6.07, 6.45) is 0. The van der Waals surface area contributed by atoms with Gasteiger partial charge in [0.15, 0.2) is 0 Å². The first-order chi connectivity index (χ1) is 9.42. The van der Waals surface area contributed by atoms with E-state index in [1.807, 2.05) is 6.07 Å². The molecule has 20 heavy (non-hydrogen) atoms. The third-order valence-corrected chi connectivity index (χ3v) is 2.80. The van der Waals surface area contributed by atoms with Gasteiger partial charge in [0, 0.05) is 13.1 Å². The van der Waals surface area contributed by atoms with Gasteiger partial charge in [0.2, 0.25) is 0 Å². The molecule has 1 aromatic rings. The molecule has 0 saturated carbocycles. The molecule has 0 saturated heterocycles. The third-order valence-electron chi connectivity index (χ3n) is 2.80. The van der Waals surface area contributed by atoms with E-state index in [1.165, 1.54) is 6.92 Å². The molecule has 0 aliphatic carbocycles. The molecular weight excluding hydrogens is 260 g/mol. The molecule has 0 bridgehead atoms. The lowest BCUT2D eigenvalue weighted by atomic mass is 10.1. The average molecular weight is 276 g/mol. The molecule has 0 radical (unpaired) electrons. The number of carboxylic acids is 2. The highest BCUT2D eigenvalue weighted by molar-refractivity contribution is 5.71. The van der Waals surface area contributed by atoms with Crippen LogP contribution >= 0.6 is 0 Å². The summed E-state index contributed by atoms with van der Waals surface area (Å²) in [5, 5.41) is 26.5. The molecule has 6 nitrogen and oxygen atoms in total. The Labute approximate surface area is 116 Å². The van der Waals surface area contributed by atoms with Crippen molar-refractivity contribution in [3.8, 4) is 6.07 Å². The topological polar surface area (TPSA) is 102 Å². The summed E-state index contributed by atoms with van der Waals surface area (Å²) in [6.45, 7) is 1.80. The van der Waals surface area contributed by atoms with Crippen LogP contribution in [0.5, 0.6) is 0 Å². The van der Waals surface area contributed by atoms with Crippen molar-refractivity contribution < 1.29 is 19.8 Å². The molecule has 106 valence electrons. The molecule has 1 unspecified atom stereocenters. The summed E-state index contributed by atoms with van der Waals surface area (Å²) in [6, 6.07) is 8.77. The third kappa shape index (κ3) is 5.08. The van der Waals surface area contributed by atoms with E-state index < -0.39 is 17.9 Å². The van der Waals surface area contributed by atoms with Gasteiger partial charge in [-0.2, -0.15) is 5.26 Å². The summed E-state index contributed by atoms with van der Waals surface area (Å²) in [5.74, 6) is -2.61. The fourth-order valence-electron chi connectivity index (χ4n) is 1.78. The van der Waals surface area contributed by atoms with Gasteiger partial charge in [-0.1, -0.05) is 19.1 Å². The molecule has 1 atom stereocenters. The first-order valence-corrected chi connectivity index (χ1v) is 6.08. The average Bonchev–Trinajstić information content (AvgIpc) is 2.38. The van der Waals surface area contributed by atoms with E-state index >= 15 is 0 Å². The van der Waals surface area contributed by atoms with Crippen molar-refractivity contribution in [2.75, 3.05) is 13.1 Å². The van der Waals surface area contributed by atoms with Crippen LogP contribution in [0.25, 0.3) is 0 Å². The second kappa shape index (κ2) is 7.26. The minimum atomic E-state index is -1.00. The lowest BCUT2D eigenvalue weighted by Gasteiger charge is -2.22. The Morgan fingerprint density at radius 2 is 1.90 bits per heavy atom. The van der Waals surface area contributed by atoms with Crippen LogP contribution < -0.4 is 0 Å². The van der Waals surface area contributed by atoms with Gasteiger partial charge in [-0.3, -0.25) is 14.5 Å². The maximum atomic E-state index is 10.8. The monoisotopic (exact) mass is 276 g/mol. The molecule has 0 aromatic heterocycles. The molecule has 2 N–H and O–H groups in total. The molecule has 1 aromatic carbocycles. The second-order valence-electron chi connectivity index (χ2n) is 4.61. The molecule has 0 amide bonds. The van der Waals surface area contributed by atoms with Gasteiger partial charge in [0.1, 0.15) is 0 Å². The quantitative estimate of drug-likeness (QED) is 0.775. The molecule has 0 aliphatic heterocycles. The SMILES string of the molecule is CC(CN(CC(=O)O)Cc1ccc(C#N)cc1)C(=O)O. The van der Waals surface area contributed by atoms with E-state index in [1.54, 1.807) is 29.2 Å². The largest absolute Gasteiger partial charge is 0.481 e. The number of nitriles is 1. The predicted octanol–water partition coefficient (Wildman–Crippen LogP) is 1.17. The lowest BCUT2D eigenvalue weighted by molar-refractivity contribution is -0.144. The van der Waals surface area contributed by atoms with Gasteiger partial charge < -0.3 is 10.2 Å². The minimum Gasteiger partial charge on any atom is -0.481 e. The number of hydrogen-bond donors (Lipinski definition) is 2. The Morgan fingerprint density at radius 3 is 2.35 bits per heavy atom. The first-order valence-electron chi connectivity index (χ1n) is 6.08. The summed E-state index contributed by atoms with van der Waals surface area (Å²) in [4.78, 5) is 23.2. The smallest absolute Gasteiger partial charge is 0.317 e. The van der Waals surface area contributed by atoms with Gasteiger partial charge in [0.05, 0.1) is 24.1 Å². The highest BCUT2D eigenvalue weighted by Gasteiger charge is 2.18. The highest BCUT2D eigenvalue weighted by Crippen LogP contribution is 2.09. The van der Waals surface area contributed by atoms with E-state index in [4.69, 9.17) is 15.5 Å². The van der Waals surface area contributed by atoms with E-state index in [-0.39, 0.29) is 13.1 Å². The van der Waals surface area contributed by atoms with Crippen molar-refractivity contribution in [2.24, 2.45) is 5.92 Å². The summed E-state index contributed by atoms with van der Waals surface area (Å²) in [5.41, 5.74) is 1.36. The van der Waals surface area contributed by atoms with Gasteiger partial charge >= 0.3 is 11.9 Å². The zero-order chi connectivity index (χ0) is 15.1. The van der Waals surface area contributed by atoms with Crippen molar-refractivity contribution in [3.63, 3.8) is 0 Å². The van der Waals surface area contributed by atoms with Crippen LogP contribution in [0.3, 0.4) is 0 Å². The number of hydrogen-bond acceptors (Lipinski definition) is 4. The van der Waals surface area contributed by atoms with Crippen molar-refractivity contribution in [2.45, 2.75) is 13.5 Å². The molecule has 0 spiro atoms.